The number of hydrogen-bond acceptors (Lipinski definition) is 10. The first-order valence-corrected chi connectivity index (χ1v) is 50.8. The molecule has 8 aromatic carbocycles. The van der Waals surface area contributed by atoms with Gasteiger partial charge in [-0.3, -0.25) is 4.55 Å². The molecule has 0 aromatic heterocycles. The Kier molecular flexibility index (Phi) is 68.8. The Bertz CT molecular complexity index is 3380. The number of rotatable bonds is 4. The zero-order valence-corrected chi connectivity index (χ0v) is 70.2. The number of anilines is 2. The van der Waals surface area contributed by atoms with E-state index in [1.165, 1.54) is 87.7 Å². The summed E-state index contributed by atoms with van der Waals surface area (Å²) < 4.78 is 54.7. The summed E-state index contributed by atoms with van der Waals surface area (Å²) in [5.41, 5.74) is 59.8. The fourth-order valence-corrected chi connectivity index (χ4v) is 7.56. The Hall–Kier alpha value is -4.39. The number of aryl methyl sites for hydroxylation is 9. The SMILES string of the molecule is CN(C)c1ccccc1.Cc1cc(C)c(N(C)C)c(C)c1.Cc1cc(C)c([NH-])c(C)c1.Cc1cc(C)c([NH-])c(C)c1.O=C=O.O=S(=O)=O.[Cl][Pt+2][Cl].[Cl][Pt+2][Cl].[Cl][Pt+2][Cl].[Cl][Pt+2][Cl].[NH-]c1ccc(C(=O)O)cc1.[NH-]c1ccc(S(=O)(=O)O)cc1.[NH-]c1ccccc1.[NH-]c1ccccc1. The predicted molar refractivity (Wildman–Crippen MR) is 385 cm³/mol. The summed E-state index contributed by atoms with van der Waals surface area (Å²) in [6.07, 6.45) is 0.250. The van der Waals surface area contributed by atoms with Crippen molar-refractivity contribution in [3.8, 4) is 0 Å². The Labute approximate surface area is 628 Å². The van der Waals surface area contributed by atoms with E-state index in [1.54, 1.807) is 24.3 Å². The number of hydrogen-bond donors (Lipinski definition) is 2. The van der Waals surface area contributed by atoms with Crippen molar-refractivity contribution < 1.29 is 111 Å². The normalized spacial score (nSPS) is 9.03. The molecule has 0 atom stereocenters. The first-order valence-electron chi connectivity index (χ1n) is 25.8. The minimum Gasteiger partial charge on any atom is -0.699 e. The molecule has 0 aliphatic rings. The quantitative estimate of drug-likeness (QED) is 0.155. The van der Waals surface area contributed by atoms with Crippen molar-refractivity contribution in [1.82, 2.24) is 0 Å². The number of para-hydroxylation sites is 1. The summed E-state index contributed by atoms with van der Waals surface area (Å²) in [6.45, 7) is 18.5. The molecule has 8 rings (SSSR count). The minimum absolute atomic E-state index is 0.187. The van der Waals surface area contributed by atoms with Crippen LogP contribution in [0.25, 0.3) is 34.4 Å². The Morgan fingerprint density at radius 3 is 0.832 bits per heavy atom. The predicted octanol–water partition coefficient (Wildman–Crippen LogP) is 23.4. The number of benzene rings is 8. The Balaban J connectivity index is -0.000000230. The number of carboxylic acid groups (broad SMARTS) is 1. The average molecular weight is 2230 g/mol. The molecule has 0 spiro atoms. The fourth-order valence-electron chi connectivity index (χ4n) is 7.08. The number of carbonyl (C=O) groups is 1. The topological polar surface area (TPSA) is 326 Å². The van der Waals surface area contributed by atoms with E-state index in [9.17, 15) is 13.2 Å². The molecule has 8 aromatic rings. The van der Waals surface area contributed by atoms with Gasteiger partial charge in [0, 0.05) is 39.6 Å². The van der Waals surface area contributed by atoms with Crippen molar-refractivity contribution in [3.63, 3.8) is 0 Å². The van der Waals surface area contributed by atoms with E-state index in [0.29, 0.717) is 28.4 Å². The standard InChI is InChI=1S/C11H17N.2C9H12N.C8H11N.C7H6NO2.C6H6NO3S.2C6H6N.CO2.8ClH.O3S.4Pt/c1-8-6-9(2)11(12(4)5)10(3)7-8;2*1-6-4-7(2)9(10)8(3)5-6;1-9(2)8-6-4-3-5-7-8;8-6-3-1-5(2-4-6)7(9)10;7-5-1-3-6(4-2-5)11(8,9)10;2*7-6-4-2-1-3-5-6;2-1-3;;;;;;;;;1-4(2)3;;;;/h6-7H,1-5H3;2*4-5,10H,1-3H3;3-7H,1-2H3;1-4,8H,(H,9,10);1-4,7H,(H,8,9,10);2*1-5,7H;;8*1H;;;;;/q;2*-1;;4*-1;;;;;;;;;;;4*+4/p-8. The van der Waals surface area contributed by atoms with Gasteiger partial charge in [0.05, 0.1) is 10.5 Å². The molecule has 18 nitrogen and oxygen atoms in total. The molecular formula is C63H76Cl8N8O10Pt4S2+2. The van der Waals surface area contributed by atoms with E-state index < -0.39 is 92.6 Å². The summed E-state index contributed by atoms with van der Waals surface area (Å²) in [5, 5.41) is 8.41. The van der Waals surface area contributed by atoms with Gasteiger partial charge in [-0.25, -0.2) is 4.79 Å². The van der Waals surface area contributed by atoms with Crippen LogP contribution in [0.15, 0.2) is 181 Å². The molecule has 0 aliphatic carbocycles. The third-order valence-electron chi connectivity index (χ3n) is 10.5. The summed E-state index contributed by atoms with van der Waals surface area (Å²) in [6, 6.07) is 51.7. The molecule has 0 saturated carbocycles. The molecule has 0 bridgehead atoms. The van der Waals surface area contributed by atoms with Crippen LogP contribution < -0.4 is 9.80 Å². The maximum absolute atomic E-state index is 10.4. The second-order valence-electron chi connectivity index (χ2n) is 18.5. The summed E-state index contributed by atoms with van der Waals surface area (Å²) in [7, 11) is 40.0. The number of carboxylic acids is 1. The summed E-state index contributed by atoms with van der Waals surface area (Å²) in [5.74, 6) is -0.958. The third-order valence-corrected chi connectivity index (χ3v) is 11.4. The smallest absolute Gasteiger partial charge is 0.335 e. The second-order valence-corrected chi connectivity index (χ2v) is 33.5. The maximum atomic E-state index is 10.4. The number of halogens is 8. The van der Waals surface area contributed by atoms with Crippen molar-refractivity contribution in [2.75, 3.05) is 38.0 Å². The van der Waals surface area contributed by atoms with E-state index in [4.69, 9.17) is 142 Å². The zero-order valence-electron chi connectivity index (χ0n) is 53.4. The third kappa shape index (κ3) is 61.7. The summed E-state index contributed by atoms with van der Waals surface area (Å²) >= 11 is -1.89. The van der Waals surface area contributed by atoms with Gasteiger partial charge in [0.15, 0.2) is 0 Å². The molecule has 95 heavy (non-hydrogen) atoms. The van der Waals surface area contributed by atoms with Gasteiger partial charge in [-0.2, -0.15) is 18.0 Å². The molecular weight excluding hydrogens is 2160 g/mol. The van der Waals surface area contributed by atoms with Crippen LogP contribution in [-0.4, -0.2) is 71.0 Å². The number of carbonyl (C=O) groups excluding carboxylic acids is 2. The largest absolute Gasteiger partial charge is 0.699 e. The van der Waals surface area contributed by atoms with E-state index in [2.05, 4.69) is 82.8 Å². The van der Waals surface area contributed by atoms with Gasteiger partial charge in [-0.05, 0) is 110 Å². The Morgan fingerprint density at radius 2 is 0.642 bits per heavy atom. The number of nitrogens with one attached hydrogen (secondary N) is 6. The van der Waals surface area contributed by atoms with Crippen LogP contribution in [0.2, 0.25) is 0 Å². The second kappa shape index (κ2) is 64.3. The minimum atomic E-state index is -4.10. The van der Waals surface area contributed by atoms with Gasteiger partial charge < -0.3 is 49.3 Å². The zero-order chi connectivity index (χ0) is 74.8. The number of aromatic carboxylic acids is 1. The molecule has 0 saturated heterocycles. The van der Waals surface area contributed by atoms with E-state index in [1.807, 2.05) is 121 Å². The molecule has 0 amide bonds. The molecule has 0 aliphatic heterocycles. The van der Waals surface area contributed by atoms with Gasteiger partial charge in [-0.15, -0.1) is 46.8 Å². The maximum Gasteiger partial charge on any atom is 0.335 e. The van der Waals surface area contributed by atoms with Crippen LogP contribution in [0, 0.1) is 62.3 Å². The monoisotopic (exact) mass is 2230 g/mol. The van der Waals surface area contributed by atoms with Crippen LogP contribution in [-0.2, 0) is 96.2 Å². The Morgan fingerprint density at radius 1 is 0.421 bits per heavy atom. The van der Waals surface area contributed by atoms with Crippen molar-refractivity contribution in [2.24, 2.45) is 0 Å². The van der Waals surface area contributed by atoms with Gasteiger partial charge >= 0.3 is 164 Å². The van der Waals surface area contributed by atoms with E-state index in [-0.39, 0.29) is 22.3 Å². The molecule has 0 fully saturated rings. The van der Waals surface area contributed by atoms with Gasteiger partial charge in [0.2, 0.25) is 0 Å². The first kappa shape index (κ1) is 102. The fraction of sp³-hybridized carbons (Fsp3) is 0.206. The molecule has 0 unspecified atom stereocenters. The van der Waals surface area contributed by atoms with E-state index >= 15 is 0 Å². The van der Waals surface area contributed by atoms with Crippen molar-refractivity contribution in [3.05, 3.63) is 266 Å². The van der Waals surface area contributed by atoms with Crippen molar-refractivity contribution >= 4 is 154 Å². The van der Waals surface area contributed by atoms with Crippen molar-refractivity contribution in [2.45, 2.75) is 67.2 Å². The van der Waals surface area contributed by atoms with Crippen LogP contribution in [0.4, 0.5) is 45.5 Å². The van der Waals surface area contributed by atoms with E-state index in [0.717, 1.165) is 22.3 Å². The number of nitrogens with zero attached hydrogens (tertiary/aromatic N) is 2. The van der Waals surface area contributed by atoms with Gasteiger partial charge in [0.25, 0.3) is 10.1 Å². The van der Waals surface area contributed by atoms with Gasteiger partial charge in [-0.1, -0.05) is 178 Å². The molecule has 534 valence electrons. The molecule has 8 N–H and O–H groups in total. The summed E-state index contributed by atoms with van der Waals surface area (Å²) in [4.78, 5) is 30.6. The molecule has 0 heterocycles. The average Bonchev–Trinajstić information content (AvgIpc) is 0.885. The van der Waals surface area contributed by atoms with Crippen LogP contribution in [0.5, 0.6) is 0 Å². The van der Waals surface area contributed by atoms with Crippen LogP contribution in [0.3, 0.4) is 0 Å². The van der Waals surface area contributed by atoms with Crippen molar-refractivity contribution in [1.29, 1.82) is 0 Å². The molecule has 32 heteroatoms. The van der Waals surface area contributed by atoms with Gasteiger partial charge in [0.1, 0.15) is 0 Å². The molecule has 0 radical (unpaired) electrons. The first-order chi connectivity index (χ1) is 44.3. The van der Waals surface area contributed by atoms with Crippen LogP contribution >= 0.6 is 75.3 Å². The van der Waals surface area contributed by atoms with Crippen LogP contribution in [0.1, 0.15) is 60.4 Å².